The van der Waals surface area contributed by atoms with Gasteiger partial charge in [-0.25, -0.2) is 18.9 Å². The quantitative estimate of drug-likeness (QED) is 0.457. The Kier molecular flexibility index (Phi) is 6.60. The molecule has 8 nitrogen and oxygen atoms in total. The lowest BCUT2D eigenvalue weighted by Gasteiger charge is -2.32. The van der Waals surface area contributed by atoms with Gasteiger partial charge in [0.2, 0.25) is 0 Å². The van der Waals surface area contributed by atoms with Crippen molar-refractivity contribution in [1.29, 1.82) is 0 Å². The molecule has 2 aromatic heterocycles. The molecule has 0 spiro atoms. The zero-order valence-electron chi connectivity index (χ0n) is 20.0. The SMILES string of the molecule is O=C(N[C@H]1CC2=C(c3ccn(C(F)F)n3)[C@H](c3ccc(F)cc3Cl)N=C(c3nccs3)N2C1)N1CCCC1. The van der Waals surface area contributed by atoms with E-state index in [9.17, 15) is 18.0 Å². The minimum absolute atomic E-state index is 0.123. The highest BCUT2D eigenvalue weighted by molar-refractivity contribution is 7.11. The summed E-state index contributed by atoms with van der Waals surface area (Å²) in [4.78, 5) is 26.1. The number of benzene rings is 1. The largest absolute Gasteiger partial charge is 0.333 e. The van der Waals surface area contributed by atoms with Crippen molar-refractivity contribution < 1.29 is 18.0 Å². The van der Waals surface area contributed by atoms with E-state index >= 15 is 0 Å². The number of nitrogens with one attached hydrogen (secondary N) is 1. The number of hydrogen-bond acceptors (Lipinski definition) is 6. The van der Waals surface area contributed by atoms with Crippen LogP contribution >= 0.6 is 22.9 Å². The van der Waals surface area contributed by atoms with Gasteiger partial charge in [-0.3, -0.25) is 4.99 Å². The highest BCUT2D eigenvalue weighted by Gasteiger charge is 2.41. The average Bonchev–Trinajstić information content (AvgIpc) is 3.70. The van der Waals surface area contributed by atoms with Gasteiger partial charge < -0.3 is 15.1 Å². The number of amidine groups is 1. The maximum atomic E-state index is 14.0. The standard InChI is InChI=1S/C25H23ClF3N7OS/c26-17-11-14(27)3-4-16(17)21-20(18-5-9-36(33-18)24(28)29)19-12-15(31-25(37)34-7-1-2-8-34)13-35(19)22(32-21)23-30-6-10-38-23/h3-6,9-11,15,21,24H,1-2,7-8,12-13H2,(H,31,37)/t15-,21-/m0/s1. The van der Waals surface area contributed by atoms with E-state index < -0.39 is 18.4 Å². The maximum absolute atomic E-state index is 14.0. The van der Waals surface area contributed by atoms with Crippen LogP contribution in [-0.4, -0.2) is 62.1 Å². The normalized spacial score (nSPS) is 21.3. The smallest absolute Gasteiger partial charge is 0.333 e. The second-order valence-corrected chi connectivity index (χ2v) is 10.6. The predicted molar refractivity (Wildman–Crippen MR) is 138 cm³/mol. The molecule has 2 amide bonds. The number of urea groups is 1. The number of alkyl halides is 2. The number of amides is 2. The molecule has 2 atom stereocenters. The second kappa shape index (κ2) is 10.1. The van der Waals surface area contributed by atoms with Crippen LogP contribution in [0.4, 0.5) is 18.0 Å². The Morgan fingerprint density at radius 1 is 1.21 bits per heavy atom. The van der Waals surface area contributed by atoms with Gasteiger partial charge in [0, 0.05) is 65.7 Å². The molecule has 3 aromatic rings. The van der Waals surface area contributed by atoms with Crippen molar-refractivity contribution in [2.24, 2.45) is 4.99 Å². The van der Waals surface area contributed by atoms with Crippen molar-refractivity contribution in [3.05, 3.63) is 74.8 Å². The third kappa shape index (κ3) is 4.55. The van der Waals surface area contributed by atoms with Gasteiger partial charge in [-0.1, -0.05) is 17.7 Å². The van der Waals surface area contributed by atoms with Crippen molar-refractivity contribution in [3.8, 4) is 0 Å². The number of carbonyl (C=O) groups is 1. The fourth-order valence-electron chi connectivity index (χ4n) is 5.24. The van der Waals surface area contributed by atoms with E-state index in [1.807, 2.05) is 10.3 Å². The first-order chi connectivity index (χ1) is 18.4. The lowest BCUT2D eigenvalue weighted by molar-refractivity contribution is 0.0564. The molecule has 1 aromatic carbocycles. The molecule has 38 heavy (non-hydrogen) atoms. The molecule has 1 N–H and O–H groups in total. The van der Waals surface area contributed by atoms with Gasteiger partial charge in [0.1, 0.15) is 11.9 Å². The van der Waals surface area contributed by atoms with Gasteiger partial charge in [-0.15, -0.1) is 11.3 Å². The van der Waals surface area contributed by atoms with E-state index in [0.29, 0.717) is 45.3 Å². The lowest BCUT2D eigenvalue weighted by Crippen LogP contribution is -2.45. The Morgan fingerprint density at radius 3 is 2.71 bits per heavy atom. The molecular formula is C25H23ClF3N7OS. The molecule has 0 radical (unpaired) electrons. The first-order valence-electron chi connectivity index (χ1n) is 12.2. The fourth-order valence-corrected chi connectivity index (χ4v) is 6.15. The number of aromatic nitrogens is 3. The molecular weight excluding hydrogens is 539 g/mol. The highest BCUT2D eigenvalue weighted by Crippen LogP contribution is 2.46. The van der Waals surface area contributed by atoms with E-state index in [1.165, 1.54) is 35.7 Å². The third-order valence-corrected chi connectivity index (χ3v) is 8.04. The van der Waals surface area contributed by atoms with Crippen LogP contribution in [0.1, 0.15) is 48.1 Å². The Bertz CT molecular complexity index is 1420. The van der Waals surface area contributed by atoms with Crippen LogP contribution < -0.4 is 5.32 Å². The summed E-state index contributed by atoms with van der Waals surface area (Å²) >= 11 is 7.90. The molecule has 3 aliphatic heterocycles. The summed E-state index contributed by atoms with van der Waals surface area (Å²) in [5.74, 6) is 0.0809. The number of halogens is 4. The van der Waals surface area contributed by atoms with Gasteiger partial charge >= 0.3 is 12.6 Å². The number of nitrogens with zero attached hydrogens (tertiary/aromatic N) is 6. The molecule has 2 saturated heterocycles. The van der Waals surface area contributed by atoms with Crippen molar-refractivity contribution in [1.82, 2.24) is 29.9 Å². The van der Waals surface area contributed by atoms with Crippen molar-refractivity contribution in [3.63, 3.8) is 0 Å². The Hall–Kier alpha value is -3.38. The zero-order valence-corrected chi connectivity index (χ0v) is 21.6. The zero-order chi connectivity index (χ0) is 26.4. The minimum atomic E-state index is -2.81. The number of aliphatic imine (C=N–C) groups is 1. The number of hydrogen-bond donors (Lipinski definition) is 1. The van der Waals surface area contributed by atoms with Gasteiger partial charge in [0.25, 0.3) is 0 Å². The first kappa shape index (κ1) is 24.9. The molecule has 2 fully saturated rings. The highest BCUT2D eigenvalue weighted by atomic mass is 35.5. The van der Waals surface area contributed by atoms with Crippen LogP contribution in [0.15, 0.2) is 52.7 Å². The van der Waals surface area contributed by atoms with Gasteiger partial charge in [0.05, 0.1) is 11.7 Å². The monoisotopic (exact) mass is 561 g/mol. The maximum Gasteiger partial charge on any atom is 0.333 e. The number of carbonyl (C=O) groups excluding carboxylic acids is 1. The van der Waals surface area contributed by atoms with Gasteiger partial charge in [0.15, 0.2) is 10.8 Å². The Morgan fingerprint density at radius 2 is 2.03 bits per heavy atom. The lowest BCUT2D eigenvalue weighted by atomic mass is 9.92. The van der Waals surface area contributed by atoms with E-state index in [4.69, 9.17) is 16.6 Å². The summed E-state index contributed by atoms with van der Waals surface area (Å²) in [7, 11) is 0. The van der Waals surface area contributed by atoms with E-state index in [-0.39, 0.29) is 17.1 Å². The minimum Gasteiger partial charge on any atom is -0.333 e. The van der Waals surface area contributed by atoms with Gasteiger partial charge in [-0.2, -0.15) is 13.9 Å². The van der Waals surface area contributed by atoms with E-state index in [0.717, 1.165) is 31.6 Å². The summed E-state index contributed by atoms with van der Waals surface area (Å²) in [5.41, 5.74) is 2.18. The summed E-state index contributed by atoms with van der Waals surface area (Å²) in [5, 5.41) is 9.93. The summed E-state index contributed by atoms with van der Waals surface area (Å²) in [6, 6.07) is 4.43. The van der Waals surface area contributed by atoms with Crippen LogP contribution in [-0.2, 0) is 0 Å². The average molecular weight is 562 g/mol. The van der Waals surface area contributed by atoms with Crippen molar-refractivity contribution >= 4 is 40.4 Å². The topological polar surface area (TPSA) is 78.6 Å². The van der Waals surface area contributed by atoms with Crippen LogP contribution in [0.3, 0.4) is 0 Å². The molecule has 0 unspecified atom stereocenters. The molecule has 198 valence electrons. The van der Waals surface area contributed by atoms with Crippen LogP contribution in [0.25, 0.3) is 5.57 Å². The number of thiazole rings is 1. The Balaban J connectivity index is 1.47. The molecule has 0 bridgehead atoms. The summed E-state index contributed by atoms with van der Waals surface area (Å²) in [6.45, 7) is -0.945. The van der Waals surface area contributed by atoms with Crippen LogP contribution in [0, 0.1) is 5.82 Å². The van der Waals surface area contributed by atoms with Gasteiger partial charge in [-0.05, 0) is 31.0 Å². The van der Waals surface area contributed by atoms with Crippen molar-refractivity contribution in [2.75, 3.05) is 19.6 Å². The number of fused-ring (bicyclic) bond motifs is 1. The summed E-state index contributed by atoms with van der Waals surface area (Å²) in [6.07, 6.45) is 5.27. The number of rotatable bonds is 5. The molecule has 3 aliphatic rings. The Labute approximate surface area is 225 Å². The van der Waals surface area contributed by atoms with E-state index in [2.05, 4.69) is 15.4 Å². The first-order valence-corrected chi connectivity index (χ1v) is 13.5. The molecule has 13 heteroatoms. The molecule has 0 saturated carbocycles. The summed E-state index contributed by atoms with van der Waals surface area (Å²) < 4.78 is 41.5. The van der Waals surface area contributed by atoms with E-state index in [1.54, 1.807) is 17.2 Å². The molecule has 6 rings (SSSR count). The van der Waals surface area contributed by atoms with Crippen LogP contribution in [0.2, 0.25) is 5.02 Å². The fraction of sp³-hybridized carbons (Fsp3) is 0.360. The molecule has 5 heterocycles. The third-order valence-electron chi connectivity index (χ3n) is 6.95. The molecule has 0 aliphatic carbocycles. The van der Waals surface area contributed by atoms with Crippen LogP contribution in [0.5, 0.6) is 0 Å². The second-order valence-electron chi connectivity index (χ2n) is 9.33. The van der Waals surface area contributed by atoms with Crippen molar-refractivity contribution in [2.45, 2.75) is 37.9 Å². The predicted octanol–water partition coefficient (Wildman–Crippen LogP) is 5.32. The number of likely N-dealkylation sites (tertiary alicyclic amines) is 1.